The highest BCUT2D eigenvalue weighted by molar-refractivity contribution is 7.18. The number of carbonyl (C=O) groups is 2. The summed E-state index contributed by atoms with van der Waals surface area (Å²) >= 11 is 1.58. The van der Waals surface area contributed by atoms with Gasteiger partial charge in [-0.3, -0.25) is 4.79 Å². The van der Waals surface area contributed by atoms with E-state index in [0.717, 1.165) is 39.1 Å². The third kappa shape index (κ3) is 4.76. The number of amides is 1. The molecule has 3 rings (SSSR count). The number of aromatic nitrogens is 2. The van der Waals surface area contributed by atoms with E-state index in [4.69, 9.17) is 10.5 Å². The Morgan fingerprint density at radius 3 is 2.57 bits per heavy atom. The quantitative estimate of drug-likeness (QED) is 0.553. The Morgan fingerprint density at radius 1 is 1.20 bits per heavy atom. The third-order valence-electron chi connectivity index (χ3n) is 4.90. The van der Waals surface area contributed by atoms with Crippen LogP contribution < -0.4 is 11.1 Å². The topological polar surface area (TPSA) is 107 Å². The fourth-order valence-corrected chi connectivity index (χ4v) is 4.24. The molecular formula is C22H26N4O3S. The highest BCUT2D eigenvalue weighted by atomic mass is 32.1. The van der Waals surface area contributed by atoms with Gasteiger partial charge < -0.3 is 15.8 Å². The molecule has 0 aliphatic heterocycles. The Labute approximate surface area is 179 Å². The van der Waals surface area contributed by atoms with Crippen molar-refractivity contribution in [2.24, 2.45) is 0 Å². The summed E-state index contributed by atoms with van der Waals surface area (Å²) in [5.74, 6) is 0.0916. The number of nitrogens with two attached hydrogens (primary N) is 1. The molecule has 2 heterocycles. The number of carbonyl (C=O) groups excluding carboxylic acids is 2. The molecule has 0 aliphatic carbocycles. The Bertz CT molecular complexity index is 1080. The Kier molecular flexibility index (Phi) is 6.66. The predicted molar refractivity (Wildman–Crippen MR) is 120 cm³/mol. The molecule has 0 spiro atoms. The van der Waals surface area contributed by atoms with Crippen LogP contribution in [0.25, 0.3) is 21.6 Å². The number of rotatable bonds is 7. The normalized spacial score (nSPS) is 12.0. The molecule has 158 valence electrons. The summed E-state index contributed by atoms with van der Waals surface area (Å²) in [6, 6.07) is 6.80. The molecule has 1 amide bonds. The average molecular weight is 427 g/mol. The van der Waals surface area contributed by atoms with E-state index in [0.29, 0.717) is 17.2 Å². The Balaban J connectivity index is 1.68. The summed E-state index contributed by atoms with van der Waals surface area (Å²) in [7, 11) is 0. The Hall–Kier alpha value is -3.00. The van der Waals surface area contributed by atoms with Crippen molar-refractivity contribution in [2.75, 3.05) is 12.3 Å². The second-order valence-electron chi connectivity index (χ2n) is 7.31. The maximum absolute atomic E-state index is 12.2. The van der Waals surface area contributed by atoms with E-state index in [2.05, 4.69) is 15.3 Å². The van der Waals surface area contributed by atoms with Crippen LogP contribution in [0.5, 0.6) is 0 Å². The largest absolute Gasteiger partial charge is 0.452 e. The molecule has 1 atom stereocenters. The van der Waals surface area contributed by atoms with E-state index in [9.17, 15) is 9.59 Å². The molecule has 3 aromatic rings. The fourth-order valence-electron chi connectivity index (χ4n) is 3.20. The first-order chi connectivity index (χ1) is 14.3. The minimum absolute atomic E-state index is 0.0566. The molecule has 1 unspecified atom stereocenters. The van der Waals surface area contributed by atoms with Gasteiger partial charge in [0.15, 0.2) is 12.4 Å². The van der Waals surface area contributed by atoms with Crippen molar-refractivity contribution in [1.82, 2.24) is 15.3 Å². The minimum atomic E-state index is -0.555. The van der Waals surface area contributed by atoms with Gasteiger partial charge in [0.2, 0.25) is 0 Å². The highest BCUT2D eigenvalue weighted by Crippen LogP contribution is 2.33. The number of ether oxygens (including phenoxy) is 1. The highest BCUT2D eigenvalue weighted by Gasteiger charge is 2.15. The number of hydrogen-bond donors (Lipinski definition) is 2. The number of thiophene rings is 1. The number of nitrogens with one attached hydrogen (secondary N) is 1. The van der Waals surface area contributed by atoms with Crippen LogP contribution in [0.2, 0.25) is 0 Å². The van der Waals surface area contributed by atoms with E-state index < -0.39 is 5.97 Å². The van der Waals surface area contributed by atoms with Crippen molar-refractivity contribution in [2.45, 2.75) is 46.6 Å². The molecule has 0 saturated carbocycles. The van der Waals surface area contributed by atoms with E-state index >= 15 is 0 Å². The molecule has 3 N–H and O–H groups in total. The summed E-state index contributed by atoms with van der Waals surface area (Å²) in [4.78, 5) is 35.1. The van der Waals surface area contributed by atoms with Gasteiger partial charge in [0.1, 0.15) is 10.6 Å². The maximum Gasteiger partial charge on any atom is 0.338 e. The average Bonchev–Trinajstić information content (AvgIpc) is 3.00. The molecule has 7 nitrogen and oxygen atoms in total. The summed E-state index contributed by atoms with van der Waals surface area (Å²) in [5, 5.41) is 3.70. The molecule has 0 bridgehead atoms. The molecule has 30 heavy (non-hydrogen) atoms. The first kappa shape index (κ1) is 21.7. The second-order valence-corrected chi connectivity index (χ2v) is 8.51. The number of nitrogens with zero attached hydrogens (tertiary/aromatic N) is 2. The van der Waals surface area contributed by atoms with Crippen molar-refractivity contribution in [3.63, 3.8) is 0 Å². The van der Waals surface area contributed by atoms with Gasteiger partial charge in [0.25, 0.3) is 5.91 Å². The maximum atomic E-state index is 12.2. The van der Waals surface area contributed by atoms with Crippen LogP contribution >= 0.6 is 11.3 Å². The molecule has 0 saturated heterocycles. The van der Waals surface area contributed by atoms with Crippen LogP contribution in [0.4, 0.5) is 5.82 Å². The van der Waals surface area contributed by atoms with Crippen LogP contribution in [0.1, 0.15) is 47.5 Å². The third-order valence-corrected chi connectivity index (χ3v) is 6.00. The number of fused-ring (bicyclic) bond motifs is 1. The van der Waals surface area contributed by atoms with Gasteiger partial charge in [-0.25, -0.2) is 14.8 Å². The van der Waals surface area contributed by atoms with Crippen LogP contribution in [-0.2, 0) is 9.53 Å². The molecular weight excluding hydrogens is 400 g/mol. The van der Waals surface area contributed by atoms with Gasteiger partial charge in [-0.05, 0) is 44.9 Å². The number of hydrogen-bond acceptors (Lipinski definition) is 7. The van der Waals surface area contributed by atoms with Crippen LogP contribution in [0, 0.1) is 13.8 Å². The zero-order valence-corrected chi connectivity index (χ0v) is 18.4. The predicted octanol–water partition coefficient (Wildman–Crippen LogP) is 4.02. The zero-order valence-electron chi connectivity index (χ0n) is 17.6. The van der Waals surface area contributed by atoms with Gasteiger partial charge in [0, 0.05) is 16.5 Å². The summed E-state index contributed by atoms with van der Waals surface area (Å²) < 4.78 is 5.11. The summed E-state index contributed by atoms with van der Waals surface area (Å²) in [5.41, 5.74) is 8.35. The lowest BCUT2D eigenvalue weighted by atomic mass is 10.1. The van der Waals surface area contributed by atoms with Crippen LogP contribution in [0.15, 0.2) is 24.3 Å². The lowest BCUT2D eigenvalue weighted by molar-refractivity contribution is -0.124. The fraction of sp³-hybridized carbons (Fsp3) is 0.364. The monoisotopic (exact) mass is 426 g/mol. The minimum Gasteiger partial charge on any atom is -0.452 e. The number of anilines is 1. The zero-order chi connectivity index (χ0) is 21.8. The molecule has 2 aromatic heterocycles. The smallest absolute Gasteiger partial charge is 0.338 e. The van der Waals surface area contributed by atoms with Gasteiger partial charge in [0.05, 0.1) is 10.9 Å². The lowest BCUT2D eigenvalue weighted by Gasteiger charge is -2.12. The first-order valence-electron chi connectivity index (χ1n) is 9.90. The number of benzene rings is 1. The standard InChI is InChI=1S/C22H26N4O3S/c1-5-6-12(2)24-17(27)11-29-22(28)16-9-7-15(8-10-16)20-25-19(23)18-13(3)14(4)30-21(18)26-20/h7-10,12H,5-6,11H2,1-4H3,(H,24,27)(H2,23,25,26). The lowest BCUT2D eigenvalue weighted by Crippen LogP contribution is -2.35. The van der Waals surface area contributed by atoms with Crippen molar-refractivity contribution in [3.05, 3.63) is 40.3 Å². The van der Waals surface area contributed by atoms with Gasteiger partial charge in [-0.15, -0.1) is 11.3 Å². The van der Waals surface area contributed by atoms with E-state index in [1.165, 1.54) is 0 Å². The Morgan fingerprint density at radius 2 is 1.90 bits per heavy atom. The van der Waals surface area contributed by atoms with E-state index in [-0.39, 0.29) is 18.6 Å². The number of esters is 1. The second kappa shape index (κ2) is 9.21. The molecule has 0 fully saturated rings. The van der Waals surface area contributed by atoms with E-state index in [1.807, 2.05) is 27.7 Å². The van der Waals surface area contributed by atoms with E-state index in [1.54, 1.807) is 35.6 Å². The van der Waals surface area contributed by atoms with Crippen molar-refractivity contribution < 1.29 is 14.3 Å². The molecule has 0 radical (unpaired) electrons. The van der Waals surface area contributed by atoms with Gasteiger partial charge in [-0.1, -0.05) is 25.5 Å². The SMILES string of the molecule is CCCC(C)NC(=O)COC(=O)c1ccc(-c2nc(N)c3c(C)c(C)sc3n2)cc1. The van der Waals surface area contributed by atoms with Crippen LogP contribution in [-0.4, -0.2) is 34.5 Å². The summed E-state index contributed by atoms with van der Waals surface area (Å²) in [6.45, 7) is 7.71. The van der Waals surface area contributed by atoms with Crippen molar-refractivity contribution >= 4 is 39.2 Å². The summed E-state index contributed by atoms with van der Waals surface area (Å²) in [6.07, 6.45) is 1.85. The van der Waals surface area contributed by atoms with Gasteiger partial charge >= 0.3 is 5.97 Å². The number of aryl methyl sites for hydroxylation is 2. The van der Waals surface area contributed by atoms with Gasteiger partial charge in [-0.2, -0.15) is 0 Å². The molecule has 8 heteroatoms. The van der Waals surface area contributed by atoms with Crippen molar-refractivity contribution in [1.29, 1.82) is 0 Å². The molecule has 0 aliphatic rings. The molecule has 1 aromatic carbocycles. The van der Waals surface area contributed by atoms with Crippen molar-refractivity contribution in [3.8, 4) is 11.4 Å². The van der Waals surface area contributed by atoms with Crippen LogP contribution in [0.3, 0.4) is 0 Å². The number of nitrogen functional groups attached to an aromatic ring is 1. The first-order valence-corrected chi connectivity index (χ1v) is 10.7.